The highest BCUT2D eigenvalue weighted by Gasteiger charge is 2.47. The van der Waals surface area contributed by atoms with E-state index in [2.05, 4.69) is 42.5 Å². The molecule has 0 radical (unpaired) electrons. The lowest BCUT2D eigenvalue weighted by atomic mass is 9.85. The Labute approximate surface area is 421 Å². The summed E-state index contributed by atoms with van der Waals surface area (Å²) in [6, 6.07) is 16.0. The number of hydrogen-bond acceptors (Lipinski definition) is 12. The first kappa shape index (κ1) is 56.2. The van der Waals surface area contributed by atoms with Crippen LogP contribution in [0.2, 0.25) is 0 Å². The number of nitrogens with one attached hydrogen (secondary N) is 8. The lowest BCUT2D eigenvalue weighted by molar-refractivity contribution is -0.144. The van der Waals surface area contributed by atoms with Crippen LogP contribution in [-0.2, 0) is 28.8 Å². The zero-order chi connectivity index (χ0) is 52.9. The number of rotatable bonds is 21. The summed E-state index contributed by atoms with van der Waals surface area (Å²) in [6.45, 7) is 9.46. The minimum Gasteiger partial charge on any atom is -0.394 e. The zero-order valence-electron chi connectivity index (χ0n) is 42.4. The Hall–Kier alpha value is -6.74. The van der Waals surface area contributed by atoms with Crippen LogP contribution in [0.5, 0.6) is 0 Å². The lowest BCUT2D eigenvalue weighted by Crippen LogP contribution is -2.60. The molecule has 0 saturated carbocycles. The molecule has 390 valence electrons. The van der Waals surface area contributed by atoms with Crippen molar-refractivity contribution in [3.8, 4) is 0 Å². The highest BCUT2D eigenvalue weighted by molar-refractivity contribution is 6.01. The van der Waals surface area contributed by atoms with Gasteiger partial charge in [-0.2, -0.15) is 0 Å². The van der Waals surface area contributed by atoms with Crippen molar-refractivity contribution in [3.05, 3.63) is 107 Å². The van der Waals surface area contributed by atoms with Crippen molar-refractivity contribution < 1.29 is 48.6 Å². The van der Waals surface area contributed by atoms with E-state index in [0.717, 1.165) is 11.1 Å². The maximum atomic E-state index is 14.5. The molecule has 20 heteroatoms. The van der Waals surface area contributed by atoms with Gasteiger partial charge in [0.15, 0.2) is 0 Å². The van der Waals surface area contributed by atoms with Crippen LogP contribution < -0.4 is 42.5 Å². The predicted octanol–water partition coefficient (Wildman–Crippen LogP) is 0.426. The van der Waals surface area contributed by atoms with Gasteiger partial charge in [0.1, 0.15) is 36.3 Å². The molecule has 0 aromatic heterocycles. The second-order valence-corrected chi connectivity index (χ2v) is 19.5. The normalized spacial score (nSPS) is 20.2. The standard InChI is InChI=1S/C52H72N10O10/c1-9-38(59-46(67)39(28-63)53-7)50(71)61-26-36(24-41(61)48(69)55-30(2)32-17-12-10-13-18-32)57-44(65)34-21-16-22-35(23-34)45(66)58-37-25-42(49(70)56-31(3)33-19-14-11-15-20-33)62(27-37)51(72)43(52(4,5)6)60-47(68)40(29-64)54-8/h10-23,30-31,36-43,53-54,63-64H,9,24-29H2,1-8H3,(H,55,69)(H,56,70)(H,57,65)(H,58,66)(H,59,67)(H,60,68)/t30-,31?,36+,37+,38+,39?,40+,41+,42+,43-/m1/s1. The molecular formula is C52H72N10O10. The van der Waals surface area contributed by atoms with Gasteiger partial charge in [0.05, 0.1) is 25.3 Å². The molecule has 3 aromatic carbocycles. The summed E-state index contributed by atoms with van der Waals surface area (Å²) in [6.07, 6.45) is 0.248. The molecule has 10 N–H and O–H groups in total. The van der Waals surface area contributed by atoms with Crippen molar-refractivity contribution in [2.24, 2.45) is 5.41 Å². The number of benzene rings is 3. The molecule has 10 atom stereocenters. The molecule has 3 aromatic rings. The topological polar surface area (TPSA) is 280 Å². The van der Waals surface area contributed by atoms with Crippen LogP contribution in [0.25, 0.3) is 0 Å². The molecule has 8 amide bonds. The van der Waals surface area contributed by atoms with Gasteiger partial charge in [0, 0.05) is 36.3 Å². The molecule has 0 bridgehead atoms. The van der Waals surface area contributed by atoms with Crippen LogP contribution in [-0.4, -0.2) is 156 Å². The molecular weight excluding hydrogens is 925 g/mol. The number of amides is 8. The van der Waals surface area contributed by atoms with Crippen LogP contribution in [0.1, 0.15) is 105 Å². The Morgan fingerprint density at radius 1 is 0.583 bits per heavy atom. The third-order valence-electron chi connectivity index (χ3n) is 13.3. The van der Waals surface area contributed by atoms with E-state index in [1.165, 1.54) is 48.2 Å². The summed E-state index contributed by atoms with van der Waals surface area (Å²) in [5.41, 5.74) is 1.05. The van der Waals surface area contributed by atoms with Crippen LogP contribution >= 0.6 is 0 Å². The summed E-state index contributed by atoms with van der Waals surface area (Å²) < 4.78 is 0. The maximum Gasteiger partial charge on any atom is 0.251 e. The molecule has 72 heavy (non-hydrogen) atoms. The second-order valence-electron chi connectivity index (χ2n) is 19.5. The monoisotopic (exact) mass is 997 g/mol. The number of nitrogens with zero attached hydrogens (tertiary/aromatic N) is 2. The maximum absolute atomic E-state index is 14.5. The van der Waals surface area contributed by atoms with E-state index >= 15 is 0 Å². The summed E-state index contributed by atoms with van der Waals surface area (Å²) in [5, 5.41) is 42.2. The fraction of sp³-hybridized carbons (Fsp3) is 0.500. The van der Waals surface area contributed by atoms with Gasteiger partial charge >= 0.3 is 0 Å². The lowest BCUT2D eigenvalue weighted by Gasteiger charge is -2.36. The van der Waals surface area contributed by atoms with Crippen molar-refractivity contribution >= 4 is 47.3 Å². The Balaban J connectivity index is 1.34. The zero-order valence-corrected chi connectivity index (χ0v) is 42.4. The summed E-state index contributed by atoms with van der Waals surface area (Å²) in [4.78, 5) is 114. The van der Waals surface area contributed by atoms with E-state index in [-0.39, 0.29) is 43.5 Å². The minimum absolute atomic E-state index is 0.0292. The fourth-order valence-electron chi connectivity index (χ4n) is 8.95. The number of hydrogen-bond donors (Lipinski definition) is 10. The van der Waals surface area contributed by atoms with E-state index in [1.54, 1.807) is 27.7 Å². The molecule has 2 heterocycles. The third-order valence-corrected chi connectivity index (χ3v) is 13.3. The number of likely N-dealkylation sites (tertiary alicyclic amines) is 2. The number of likely N-dealkylation sites (N-methyl/N-ethyl adjacent to an activating group) is 2. The summed E-state index contributed by atoms with van der Waals surface area (Å²) in [7, 11) is 3.01. The van der Waals surface area contributed by atoms with Gasteiger partial charge in [-0.25, -0.2) is 0 Å². The third kappa shape index (κ3) is 14.2. The average molecular weight is 997 g/mol. The largest absolute Gasteiger partial charge is 0.394 e. The molecule has 0 spiro atoms. The van der Waals surface area contributed by atoms with Gasteiger partial charge in [-0.1, -0.05) is 94.4 Å². The Bertz CT molecular complexity index is 2380. The SMILES string of the molecule is CC[C@H](NC(=O)C(CO)NC)C(=O)N1C[C@@H](NC(=O)c2cccc(C(=O)N[C@H]3C[C@@H](C(=O)NC(C)c4ccccc4)N(C(=O)[C@@H](NC(=O)[C@H](CO)NC)C(C)(C)C)C3)c2)C[C@H]1C(=O)N[C@H](C)c1ccccc1. The molecule has 2 aliphatic rings. The minimum atomic E-state index is -1.12. The first-order valence-electron chi connectivity index (χ1n) is 24.4. The summed E-state index contributed by atoms with van der Waals surface area (Å²) in [5.74, 6) is -4.38. The number of carbonyl (C=O) groups is 8. The number of aliphatic hydroxyl groups is 2. The van der Waals surface area contributed by atoms with E-state index < -0.39 is 126 Å². The number of carbonyl (C=O) groups excluding carboxylic acids is 8. The average Bonchev–Trinajstić information content (AvgIpc) is 4.00. The Kier molecular flexibility index (Phi) is 20.0. The Morgan fingerprint density at radius 2 is 1.00 bits per heavy atom. The van der Waals surface area contributed by atoms with Gasteiger partial charge < -0.3 is 62.5 Å². The van der Waals surface area contributed by atoms with E-state index in [9.17, 15) is 48.6 Å². The first-order chi connectivity index (χ1) is 34.2. The quantitative estimate of drug-likeness (QED) is 0.0696. The predicted molar refractivity (Wildman–Crippen MR) is 269 cm³/mol. The van der Waals surface area contributed by atoms with E-state index in [4.69, 9.17) is 0 Å². The smallest absolute Gasteiger partial charge is 0.251 e. The van der Waals surface area contributed by atoms with Crippen LogP contribution in [0.15, 0.2) is 84.9 Å². The second kappa shape index (κ2) is 25.6. The molecule has 20 nitrogen and oxygen atoms in total. The highest BCUT2D eigenvalue weighted by Crippen LogP contribution is 2.28. The first-order valence-corrected chi connectivity index (χ1v) is 24.4. The molecule has 2 fully saturated rings. The van der Waals surface area contributed by atoms with E-state index in [1.807, 2.05) is 74.5 Å². The highest BCUT2D eigenvalue weighted by atomic mass is 16.3. The van der Waals surface area contributed by atoms with Crippen LogP contribution in [0.4, 0.5) is 0 Å². The fourth-order valence-corrected chi connectivity index (χ4v) is 8.95. The summed E-state index contributed by atoms with van der Waals surface area (Å²) >= 11 is 0. The van der Waals surface area contributed by atoms with Crippen LogP contribution in [0.3, 0.4) is 0 Å². The van der Waals surface area contributed by atoms with Crippen molar-refractivity contribution in [2.75, 3.05) is 40.4 Å². The van der Waals surface area contributed by atoms with Crippen molar-refractivity contribution in [2.45, 2.75) is 121 Å². The van der Waals surface area contributed by atoms with Crippen LogP contribution in [0, 0.1) is 5.41 Å². The molecule has 2 saturated heterocycles. The van der Waals surface area contributed by atoms with Gasteiger partial charge in [-0.15, -0.1) is 0 Å². The molecule has 5 rings (SSSR count). The molecule has 2 aliphatic heterocycles. The van der Waals surface area contributed by atoms with Gasteiger partial charge in [-0.3, -0.25) is 38.4 Å². The van der Waals surface area contributed by atoms with Crippen molar-refractivity contribution in [1.29, 1.82) is 0 Å². The van der Waals surface area contributed by atoms with Gasteiger partial charge in [0.25, 0.3) is 11.8 Å². The Morgan fingerprint density at radius 3 is 1.39 bits per heavy atom. The van der Waals surface area contributed by atoms with E-state index in [0.29, 0.717) is 0 Å². The van der Waals surface area contributed by atoms with Gasteiger partial charge in [-0.05, 0) is 81.9 Å². The molecule has 2 unspecified atom stereocenters. The van der Waals surface area contributed by atoms with Crippen molar-refractivity contribution in [3.63, 3.8) is 0 Å². The van der Waals surface area contributed by atoms with Gasteiger partial charge in [0.2, 0.25) is 35.4 Å². The number of aliphatic hydroxyl groups excluding tert-OH is 2. The molecule has 0 aliphatic carbocycles. The van der Waals surface area contributed by atoms with Crippen molar-refractivity contribution in [1.82, 2.24) is 52.3 Å².